The second-order valence-corrected chi connectivity index (χ2v) is 7.76. The molecule has 1 heterocycles. The number of aryl methyl sites for hydroxylation is 1. The van der Waals surface area contributed by atoms with E-state index in [0.717, 1.165) is 10.9 Å². The van der Waals surface area contributed by atoms with E-state index in [1.807, 2.05) is 12.1 Å². The number of fused-ring (bicyclic) bond motifs is 1. The van der Waals surface area contributed by atoms with Gasteiger partial charge in [0, 0.05) is 18.0 Å². The zero-order chi connectivity index (χ0) is 21.9. The Bertz CT molecular complexity index is 916. The molecule has 8 nitrogen and oxygen atoms in total. The van der Waals surface area contributed by atoms with Gasteiger partial charge in [0.15, 0.2) is 0 Å². The lowest BCUT2D eigenvalue weighted by Crippen LogP contribution is -2.57. The van der Waals surface area contributed by atoms with E-state index in [1.54, 1.807) is 58.6 Å². The molecular formula is C21H28N3O5-. The molecule has 8 heteroatoms. The lowest BCUT2D eigenvalue weighted by atomic mass is 10.00. The summed E-state index contributed by atoms with van der Waals surface area (Å²) in [5, 5.41) is 17.3. The topological polar surface area (TPSA) is 112 Å². The smallest absolute Gasteiger partial charge is 0.268 e. The van der Waals surface area contributed by atoms with Crippen molar-refractivity contribution in [1.82, 2.24) is 15.2 Å². The molecule has 0 unspecified atom stereocenters. The van der Waals surface area contributed by atoms with Crippen LogP contribution >= 0.6 is 0 Å². The van der Waals surface area contributed by atoms with Crippen LogP contribution < -0.4 is 20.5 Å². The molecule has 0 fully saturated rings. The Labute approximate surface area is 170 Å². The van der Waals surface area contributed by atoms with Gasteiger partial charge in [0.05, 0.1) is 19.1 Å². The van der Waals surface area contributed by atoms with Crippen LogP contribution in [-0.2, 0) is 16.6 Å². The van der Waals surface area contributed by atoms with Crippen LogP contribution in [0.3, 0.4) is 0 Å². The van der Waals surface area contributed by atoms with Gasteiger partial charge >= 0.3 is 0 Å². The van der Waals surface area contributed by atoms with E-state index >= 15 is 0 Å². The third kappa shape index (κ3) is 4.88. The highest BCUT2D eigenvalue weighted by Crippen LogP contribution is 2.24. The number of amides is 2. The molecular weight excluding hydrogens is 374 g/mol. The van der Waals surface area contributed by atoms with Gasteiger partial charge in [0.2, 0.25) is 5.91 Å². The Hall–Kier alpha value is -3.03. The van der Waals surface area contributed by atoms with Gasteiger partial charge in [-0.2, -0.15) is 0 Å². The number of benzene rings is 1. The second kappa shape index (κ2) is 8.98. The molecule has 2 atom stereocenters. The van der Waals surface area contributed by atoms with E-state index in [9.17, 15) is 19.5 Å². The molecule has 0 aliphatic rings. The lowest BCUT2D eigenvalue weighted by molar-refractivity contribution is -0.309. The fraction of sp³-hybridized carbons (Fsp3) is 0.476. The van der Waals surface area contributed by atoms with Crippen LogP contribution in [0.15, 0.2) is 24.3 Å². The molecule has 1 aromatic carbocycles. The van der Waals surface area contributed by atoms with E-state index in [4.69, 9.17) is 4.74 Å². The molecule has 2 amide bonds. The maximum Gasteiger partial charge on any atom is 0.268 e. The van der Waals surface area contributed by atoms with Gasteiger partial charge in [-0.25, -0.2) is 0 Å². The Morgan fingerprint density at radius 3 is 2.14 bits per heavy atom. The Balaban J connectivity index is 2.25. The van der Waals surface area contributed by atoms with Crippen LogP contribution in [-0.4, -0.2) is 41.5 Å². The predicted molar refractivity (Wildman–Crippen MR) is 107 cm³/mol. The minimum atomic E-state index is -1.36. The number of ether oxygens (including phenoxy) is 1. The van der Waals surface area contributed by atoms with Crippen molar-refractivity contribution in [2.45, 2.75) is 39.8 Å². The number of carbonyl (C=O) groups is 3. The van der Waals surface area contributed by atoms with E-state index in [2.05, 4.69) is 10.6 Å². The predicted octanol–water partition coefficient (Wildman–Crippen LogP) is 0.832. The largest absolute Gasteiger partial charge is 0.548 e. The average Bonchev–Trinajstić information content (AvgIpc) is 2.98. The minimum Gasteiger partial charge on any atom is -0.548 e. The number of carboxylic acids is 1. The second-order valence-electron chi connectivity index (χ2n) is 7.76. The number of nitrogens with zero attached hydrogens (tertiary/aromatic N) is 1. The molecule has 0 spiro atoms. The molecule has 29 heavy (non-hydrogen) atoms. The van der Waals surface area contributed by atoms with E-state index in [0.29, 0.717) is 11.4 Å². The summed E-state index contributed by atoms with van der Waals surface area (Å²) in [7, 11) is 3.33. The molecule has 2 rings (SSSR count). The van der Waals surface area contributed by atoms with Gasteiger partial charge in [0.25, 0.3) is 5.91 Å². The maximum atomic E-state index is 12.9. The summed E-state index contributed by atoms with van der Waals surface area (Å²) in [6, 6.07) is 5.18. The van der Waals surface area contributed by atoms with Crippen molar-refractivity contribution >= 4 is 28.7 Å². The van der Waals surface area contributed by atoms with Crippen molar-refractivity contribution in [3.63, 3.8) is 0 Å². The molecule has 0 bridgehead atoms. The minimum absolute atomic E-state index is 0.247. The molecule has 0 aliphatic carbocycles. The van der Waals surface area contributed by atoms with Crippen LogP contribution in [0.4, 0.5) is 0 Å². The van der Waals surface area contributed by atoms with Crippen molar-refractivity contribution in [1.29, 1.82) is 0 Å². The van der Waals surface area contributed by atoms with Crippen LogP contribution in [0.1, 0.15) is 38.2 Å². The van der Waals surface area contributed by atoms with Crippen molar-refractivity contribution in [2.75, 3.05) is 7.11 Å². The van der Waals surface area contributed by atoms with Gasteiger partial charge in [-0.3, -0.25) is 9.59 Å². The van der Waals surface area contributed by atoms with E-state index in [-0.39, 0.29) is 11.8 Å². The molecule has 1 aromatic heterocycles. The fourth-order valence-corrected chi connectivity index (χ4v) is 3.16. The quantitative estimate of drug-likeness (QED) is 0.679. The van der Waals surface area contributed by atoms with Crippen LogP contribution in [0.2, 0.25) is 0 Å². The summed E-state index contributed by atoms with van der Waals surface area (Å²) in [6.45, 7) is 6.90. The van der Waals surface area contributed by atoms with Crippen molar-refractivity contribution < 1.29 is 24.2 Å². The zero-order valence-electron chi connectivity index (χ0n) is 17.6. The van der Waals surface area contributed by atoms with E-state index < -0.39 is 29.9 Å². The van der Waals surface area contributed by atoms with Gasteiger partial charge in [-0.15, -0.1) is 0 Å². The van der Waals surface area contributed by atoms with Gasteiger partial charge in [0.1, 0.15) is 17.5 Å². The first-order valence-corrected chi connectivity index (χ1v) is 9.52. The van der Waals surface area contributed by atoms with Crippen LogP contribution in [0.5, 0.6) is 5.75 Å². The SMILES string of the molecule is COc1ccc2c(c1)cc(C(=O)N[C@H](C(=O)N[C@H](C(=O)[O-])C(C)C)C(C)C)n2C. The highest BCUT2D eigenvalue weighted by molar-refractivity contribution is 6.01. The third-order valence-electron chi connectivity index (χ3n) is 4.94. The van der Waals surface area contributed by atoms with Gasteiger partial charge in [-0.1, -0.05) is 27.7 Å². The normalized spacial score (nSPS) is 13.4. The lowest BCUT2D eigenvalue weighted by Gasteiger charge is -2.28. The van der Waals surface area contributed by atoms with Crippen LogP contribution in [0, 0.1) is 11.8 Å². The van der Waals surface area contributed by atoms with Gasteiger partial charge < -0.3 is 29.8 Å². The van der Waals surface area contributed by atoms with Gasteiger partial charge in [-0.05, 0) is 36.1 Å². The number of aliphatic carboxylic acids is 1. The first-order valence-electron chi connectivity index (χ1n) is 9.52. The summed E-state index contributed by atoms with van der Waals surface area (Å²) in [5.74, 6) is -2.26. The molecule has 0 saturated heterocycles. The summed E-state index contributed by atoms with van der Waals surface area (Å²) in [6.07, 6.45) is 0. The van der Waals surface area contributed by atoms with Crippen LogP contribution in [0.25, 0.3) is 10.9 Å². The molecule has 2 aromatic rings. The summed E-state index contributed by atoms with van der Waals surface area (Å²) < 4.78 is 6.95. The third-order valence-corrected chi connectivity index (χ3v) is 4.94. The first kappa shape index (κ1) is 22.3. The number of aromatic nitrogens is 1. The zero-order valence-corrected chi connectivity index (χ0v) is 17.6. The molecule has 0 radical (unpaired) electrons. The average molecular weight is 402 g/mol. The monoisotopic (exact) mass is 402 g/mol. The number of nitrogens with one attached hydrogen (secondary N) is 2. The van der Waals surface area contributed by atoms with Crippen molar-refractivity contribution in [3.05, 3.63) is 30.0 Å². The fourth-order valence-electron chi connectivity index (χ4n) is 3.16. The maximum absolute atomic E-state index is 12.9. The summed E-state index contributed by atoms with van der Waals surface area (Å²) >= 11 is 0. The number of carbonyl (C=O) groups excluding carboxylic acids is 3. The Morgan fingerprint density at radius 2 is 1.62 bits per heavy atom. The van der Waals surface area contributed by atoms with Crippen molar-refractivity contribution in [2.24, 2.45) is 18.9 Å². The highest BCUT2D eigenvalue weighted by Gasteiger charge is 2.28. The summed E-state index contributed by atoms with van der Waals surface area (Å²) in [4.78, 5) is 36.8. The number of methoxy groups -OCH3 is 1. The Morgan fingerprint density at radius 1 is 1.00 bits per heavy atom. The van der Waals surface area contributed by atoms with Crippen molar-refractivity contribution in [3.8, 4) is 5.75 Å². The number of hydrogen-bond acceptors (Lipinski definition) is 5. The number of carboxylic acid groups (broad SMARTS) is 1. The summed E-state index contributed by atoms with van der Waals surface area (Å²) in [5.41, 5.74) is 1.23. The first-order chi connectivity index (χ1) is 13.6. The standard InChI is InChI=1S/C21H29N3O5/c1-11(2)17(20(26)23-18(12(3)4)21(27)28)22-19(25)16-10-13-9-14(29-6)7-8-15(13)24(16)5/h7-12,17-18H,1-6H3,(H,22,25)(H,23,26)(H,27,28)/p-1/t17-,18-/m0/s1. The molecule has 2 N–H and O–H groups in total. The Kier molecular flexibility index (Phi) is 6.89. The molecule has 0 aliphatic heterocycles. The highest BCUT2D eigenvalue weighted by atomic mass is 16.5. The molecule has 0 saturated carbocycles. The van der Waals surface area contributed by atoms with E-state index in [1.165, 1.54) is 0 Å². The number of hydrogen-bond donors (Lipinski definition) is 2. The molecule has 158 valence electrons. The number of rotatable bonds is 8.